The SMILES string of the molecule is CCCNC1CCCCC1Sc1cc(C)cc(C)n1. The van der Waals surface area contributed by atoms with Crippen molar-refractivity contribution in [1.29, 1.82) is 0 Å². The van der Waals surface area contributed by atoms with Crippen LogP contribution in [-0.2, 0) is 0 Å². The molecule has 0 aromatic carbocycles. The molecule has 1 aromatic rings. The number of nitrogens with zero attached hydrogens (tertiary/aromatic N) is 1. The minimum Gasteiger partial charge on any atom is -0.313 e. The summed E-state index contributed by atoms with van der Waals surface area (Å²) in [5, 5.41) is 5.61. The van der Waals surface area contributed by atoms with Crippen molar-refractivity contribution < 1.29 is 0 Å². The van der Waals surface area contributed by atoms with Crippen LogP contribution >= 0.6 is 11.8 Å². The Morgan fingerprint density at radius 2 is 2.05 bits per heavy atom. The highest BCUT2D eigenvalue weighted by Gasteiger charge is 2.25. The maximum absolute atomic E-state index is 4.68. The van der Waals surface area contributed by atoms with Gasteiger partial charge in [0.2, 0.25) is 0 Å². The first-order valence-corrected chi connectivity index (χ1v) is 8.42. The molecule has 1 aliphatic carbocycles. The molecule has 19 heavy (non-hydrogen) atoms. The normalized spacial score (nSPS) is 23.5. The van der Waals surface area contributed by atoms with E-state index in [9.17, 15) is 0 Å². The fourth-order valence-corrected chi connectivity index (χ4v) is 4.26. The number of aryl methyl sites for hydroxylation is 2. The summed E-state index contributed by atoms with van der Waals surface area (Å²) >= 11 is 1.98. The van der Waals surface area contributed by atoms with Gasteiger partial charge in [-0.2, -0.15) is 0 Å². The summed E-state index contributed by atoms with van der Waals surface area (Å²) < 4.78 is 0. The number of hydrogen-bond donors (Lipinski definition) is 1. The highest BCUT2D eigenvalue weighted by Crippen LogP contribution is 2.33. The zero-order valence-electron chi connectivity index (χ0n) is 12.4. The van der Waals surface area contributed by atoms with Crippen molar-refractivity contribution in [3.8, 4) is 0 Å². The van der Waals surface area contributed by atoms with Crippen LogP contribution in [0.3, 0.4) is 0 Å². The first-order chi connectivity index (χ1) is 9.19. The summed E-state index contributed by atoms with van der Waals surface area (Å²) in [5.41, 5.74) is 2.46. The second-order valence-electron chi connectivity index (χ2n) is 5.63. The van der Waals surface area contributed by atoms with Gasteiger partial charge in [-0.25, -0.2) is 4.98 Å². The van der Waals surface area contributed by atoms with E-state index in [1.54, 1.807) is 0 Å². The lowest BCUT2D eigenvalue weighted by molar-refractivity contribution is 0.384. The molecular weight excluding hydrogens is 252 g/mol. The van der Waals surface area contributed by atoms with Gasteiger partial charge in [0.05, 0.1) is 5.03 Å². The Labute approximate surface area is 121 Å². The lowest BCUT2D eigenvalue weighted by Crippen LogP contribution is -2.40. The molecule has 1 aliphatic rings. The van der Waals surface area contributed by atoms with Crippen molar-refractivity contribution in [3.05, 3.63) is 23.4 Å². The monoisotopic (exact) mass is 278 g/mol. The Bertz CT molecular complexity index is 385. The molecule has 0 aliphatic heterocycles. The standard InChI is InChI=1S/C16H26N2S/c1-4-9-17-14-7-5-6-8-15(14)19-16-11-12(2)10-13(3)18-16/h10-11,14-15,17H,4-9H2,1-3H3. The van der Waals surface area contributed by atoms with Gasteiger partial charge in [0.1, 0.15) is 0 Å². The van der Waals surface area contributed by atoms with Gasteiger partial charge in [-0.15, -0.1) is 11.8 Å². The Hall–Kier alpha value is -0.540. The van der Waals surface area contributed by atoms with Crippen LogP contribution in [0.25, 0.3) is 0 Å². The fraction of sp³-hybridized carbons (Fsp3) is 0.688. The summed E-state index contributed by atoms with van der Waals surface area (Å²) in [6.45, 7) is 7.63. The minimum atomic E-state index is 0.668. The Kier molecular flexibility index (Phi) is 5.71. The average Bonchev–Trinajstić information content (AvgIpc) is 2.36. The highest BCUT2D eigenvalue weighted by molar-refractivity contribution is 7.99. The maximum atomic E-state index is 4.68. The number of thioether (sulfide) groups is 1. The van der Waals surface area contributed by atoms with E-state index in [1.807, 2.05) is 11.8 Å². The van der Waals surface area contributed by atoms with Crippen LogP contribution < -0.4 is 5.32 Å². The Balaban J connectivity index is 2.01. The lowest BCUT2D eigenvalue weighted by atomic mass is 9.95. The zero-order valence-corrected chi connectivity index (χ0v) is 13.2. The van der Waals surface area contributed by atoms with Crippen LogP contribution in [0.5, 0.6) is 0 Å². The summed E-state index contributed by atoms with van der Waals surface area (Å²) in [6, 6.07) is 5.04. The van der Waals surface area contributed by atoms with Gasteiger partial charge < -0.3 is 5.32 Å². The zero-order chi connectivity index (χ0) is 13.7. The van der Waals surface area contributed by atoms with Crippen LogP contribution in [0.15, 0.2) is 17.2 Å². The van der Waals surface area contributed by atoms with E-state index in [-0.39, 0.29) is 0 Å². The van der Waals surface area contributed by atoms with E-state index in [0.29, 0.717) is 11.3 Å². The maximum Gasteiger partial charge on any atom is 0.0968 e. The van der Waals surface area contributed by atoms with Crippen LogP contribution in [0.2, 0.25) is 0 Å². The topological polar surface area (TPSA) is 24.9 Å². The average molecular weight is 278 g/mol. The fourth-order valence-electron chi connectivity index (χ4n) is 2.82. The van der Waals surface area contributed by atoms with Gasteiger partial charge in [0.15, 0.2) is 0 Å². The molecule has 2 unspecified atom stereocenters. The Morgan fingerprint density at radius 3 is 2.79 bits per heavy atom. The molecule has 1 aromatic heterocycles. The summed E-state index contributed by atoms with van der Waals surface area (Å²) in [7, 11) is 0. The molecule has 1 fully saturated rings. The number of aromatic nitrogens is 1. The number of pyridine rings is 1. The van der Waals surface area contributed by atoms with E-state index in [2.05, 4.69) is 43.2 Å². The smallest absolute Gasteiger partial charge is 0.0968 e. The van der Waals surface area contributed by atoms with Crippen molar-refractivity contribution in [2.45, 2.75) is 69.2 Å². The molecule has 2 rings (SSSR count). The molecule has 1 heterocycles. The van der Waals surface area contributed by atoms with Crippen molar-refractivity contribution in [3.63, 3.8) is 0 Å². The van der Waals surface area contributed by atoms with E-state index in [4.69, 9.17) is 0 Å². The molecule has 2 nitrogen and oxygen atoms in total. The molecule has 3 heteroatoms. The predicted octanol–water partition coefficient (Wildman–Crippen LogP) is 4.10. The van der Waals surface area contributed by atoms with Crippen LogP contribution in [-0.4, -0.2) is 22.8 Å². The second-order valence-corrected chi connectivity index (χ2v) is 6.88. The summed E-state index contributed by atoms with van der Waals surface area (Å²) in [5.74, 6) is 0. The van der Waals surface area contributed by atoms with E-state index in [1.165, 1.54) is 42.7 Å². The lowest BCUT2D eigenvalue weighted by Gasteiger charge is -2.31. The quantitative estimate of drug-likeness (QED) is 0.877. The van der Waals surface area contributed by atoms with Crippen molar-refractivity contribution in [2.24, 2.45) is 0 Å². The predicted molar refractivity (Wildman–Crippen MR) is 83.9 cm³/mol. The third-order valence-corrected chi connectivity index (χ3v) is 5.02. The molecule has 0 radical (unpaired) electrons. The van der Waals surface area contributed by atoms with Gasteiger partial charge in [-0.1, -0.05) is 19.8 Å². The molecule has 2 atom stereocenters. The number of rotatable bonds is 5. The van der Waals surface area contributed by atoms with E-state index >= 15 is 0 Å². The molecule has 0 saturated heterocycles. The molecule has 1 N–H and O–H groups in total. The van der Waals surface area contributed by atoms with Crippen molar-refractivity contribution in [1.82, 2.24) is 10.3 Å². The second kappa shape index (κ2) is 7.30. The highest BCUT2D eigenvalue weighted by atomic mass is 32.2. The van der Waals surface area contributed by atoms with Gasteiger partial charge >= 0.3 is 0 Å². The number of nitrogens with one attached hydrogen (secondary N) is 1. The minimum absolute atomic E-state index is 0.668. The van der Waals surface area contributed by atoms with Crippen molar-refractivity contribution >= 4 is 11.8 Å². The van der Waals surface area contributed by atoms with Crippen molar-refractivity contribution in [2.75, 3.05) is 6.54 Å². The molecule has 106 valence electrons. The van der Waals surface area contributed by atoms with Crippen LogP contribution in [0.4, 0.5) is 0 Å². The molecule has 0 bridgehead atoms. The van der Waals surface area contributed by atoms with Gasteiger partial charge in [-0.3, -0.25) is 0 Å². The molecule has 0 amide bonds. The number of hydrogen-bond acceptors (Lipinski definition) is 3. The summed E-state index contributed by atoms with van der Waals surface area (Å²) in [6.07, 6.45) is 6.60. The third-order valence-electron chi connectivity index (χ3n) is 3.71. The van der Waals surface area contributed by atoms with Gasteiger partial charge in [0.25, 0.3) is 0 Å². The molecule has 0 spiro atoms. The van der Waals surface area contributed by atoms with Crippen LogP contribution in [0, 0.1) is 13.8 Å². The Morgan fingerprint density at radius 1 is 1.26 bits per heavy atom. The van der Waals surface area contributed by atoms with E-state index < -0.39 is 0 Å². The van der Waals surface area contributed by atoms with Gasteiger partial charge in [-0.05, 0) is 57.4 Å². The van der Waals surface area contributed by atoms with Gasteiger partial charge in [0, 0.05) is 17.0 Å². The van der Waals surface area contributed by atoms with Crippen LogP contribution in [0.1, 0.15) is 50.3 Å². The molecule has 1 saturated carbocycles. The van der Waals surface area contributed by atoms with E-state index in [0.717, 1.165) is 12.2 Å². The summed E-state index contributed by atoms with van der Waals surface area (Å²) in [4.78, 5) is 4.68. The first kappa shape index (κ1) is 14.9. The first-order valence-electron chi connectivity index (χ1n) is 7.54. The third kappa shape index (κ3) is 4.50. The largest absolute Gasteiger partial charge is 0.313 e. The molecular formula is C16H26N2S.